The molecule has 2 N–H and O–H groups in total. The summed E-state index contributed by atoms with van der Waals surface area (Å²) in [7, 11) is 0. The fourth-order valence-corrected chi connectivity index (χ4v) is 1.24. The van der Waals surface area contributed by atoms with E-state index in [9.17, 15) is 9.18 Å². The molecule has 0 spiro atoms. The molecule has 11 heavy (non-hydrogen) atoms. The minimum absolute atomic E-state index is 0.0856. The Bertz CT molecular complexity index is 153. The van der Waals surface area contributed by atoms with Crippen molar-refractivity contribution in [3.8, 4) is 0 Å². The Balaban J connectivity index is 2.59. The third kappa shape index (κ3) is 1.89. The lowest BCUT2D eigenvalue weighted by atomic mass is 9.97. The molecule has 0 saturated carbocycles. The number of carboxylic acid groups (broad SMARTS) is 1. The summed E-state index contributed by atoms with van der Waals surface area (Å²) in [6.07, 6.45) is 0.820. The molecule has 0 aromatic carbocycles. The Morgan fingerprint density at radius 2 is 2.18 bits per heavy atom. The Kier molecular flexibility index (Phi) is 2.44. The van der Waals surface area contributed by atoms with Crippen molar-refractivity contribution in [3.63, 3.8) is 0 Å². The van der Waals surface area contributed by atoms with Crippen molar-refractivity contribution < 1.29 is 14.3 Å². The number of aliphatic carboxylic acids is 1. The number of carbonyl (C=O) groups is 1. The number of hydrogen-bond acceptors (Lipinski definition) is 2. The number of carboxylic acids is 1. The van der Waals surface area contributed by atoms with Crippen molar-refractivity contribution in [3.05, 3.63) is 0 Å². The van der Waals surface area contributed by atoms with Gasteiger partial charge in [-0.05, 0) is 25.9 Å². The van der Waals surface area contributed by atoms with Gasteiger partial charge in [-0.1, -0.05) is 0 Å². The number of alkyl halides is 1. The van der Waals surface area contributed by atoms with Crippen LogP contribution in [0.5, 0.6) is 0 Å². The van der Waals surface area contributed by atoms with Crippen LogP contribution >= 0.6 is 0 Å². The summed E-state index contributed by atoms with van der Waals surface area (Å²) in [4.78, 5) is 10.4. The highest BCUT2D eigenvalue weighted by Gasteiger charge is 2.38. The van der Waals surface area contributed by atoms with Crippen LogP contribution < -0.4 is 5.32 Å². The smallest absolute Gasteiger partial charge is 0.341 e. The zero-order valence-electron chi connectivity index (χ0n) is 6.27. The van der Waals surface area contributed by atoms with Crippen LogP contribution in [0.4, 0.5) is 4.39 Å². The summed E-state index contributed by atoms with van der Waals surface area (Å²) in [5.41, 5.74) is -1.98. The maximum absolute atomic E-state index is 13.3. The largest absolute Gasteiger partial charge is 0.479 e. The highest BCUT2D eigenvalue weighted by molar-refractivity contribution is 5.77. The van der Waals surface area contributed by atoms with Gasteiger partial charge in [0.2, 0.25) is 5.67 Å². The first-order valence-electron chi connectivity index (χ1n) is 3.78. The van der Waals surface area contributed by atoms with Gasteiger partial charge in [0.25, 0.3) is 0 Å². The molecule has 1 rings (SSSR count). The van der Waals surface area contributed by atoms with Crippen LogP contribution in [0.25, 0.3) is 0 Å². The zero-order chi connectivity index (χ0) is 8.32. The van der Waals surface area contributed by atoms with Gasteiger partial charge in [-0.2, -0.15) is 0 Å². The Labute approximate surface area is 64.6 Å². The molecular formula is C7H12FNO2. The number of nitrogens with one attached hydrogen (secondary N) is 1. The predicted octanol–water partition coefficient (Wildman–Crippen LogP) is 0.553. The van der Waals surface area contributed by atoms with Gasteiger partial charge in [-0.15, -0.1) is 0 Å². The maximum atomic E-state index is 13.3. The standard InChI is InChI=1S/C7H12FNO2/c8-7(6(10)11)2-1-4-9-5-3-7/h9H,1-5H2,(H,10,11). The second kappa shape index (κ2) is 3.17. The van der Waals surface area contributed by atoms with Crippen LogP contribution in [0, 0.1) is 0 Å². The van der Waals surface area contributed by atoms with Crippen LogP contribution in [-0.4, -0.2) is 29.8 Å². The maximum Gasteiger partial charge on any atom is 0.341 e. The van der Waals surface area contributed by atoms with Crippen LogP contribution in [0.3, 0.4) is 0 Å². The summed E-state index contributed by atoms with van der Waals surface area (Å²) >= 11 is 0. The molecule has 1 saturated heterocycles. The molecule has 0 aromatic rings. The van der Waals surface area contributed by atoms with E-state index in [1.807, 2.05) is 0 Å². The Morgan fingerprint density at radius 1 is 1.45 bits per heavy atom. The van der Waals surface area contributed by atoms with E-state index in [2.05, 4.69) is 5.32 Å². The lowest BCUT2D eigenvalue weighted by Gasteiger charge is -2.16. The van der Waals surface area contributed by atoms with Crippen molar-refractivity contribution in [2.24, 2.45) is 0 Å². The van der Waals surface area contributed by atoms with Crippen LogP contribution in [0.15, 0.2) is 0 Å². The molecule has 1 fully saturated rings. The van der Waals surface area contributed by atoms with E-state index >= 15 is 0 Å². The van der Waals surface area contributed by atoms with Crippen LogP contribution in [0.2, 0.25) is 0 Å². The predicted molar refractivity (Wildman–Crippen MR) is 38.2 cm³/mol. The van der Waals surface area contributed by atoms with Crippen molar-refractivity contribution in [2.75, 3.05) is 13.1 Å². The molecule has 3 nitrogen and oxygen atoms in total. The number of halogens is 1. The average Bonchev–Trinajstić information content (AvgIpc) is 2.15. The summed E-state index contributed by atoms with van der Waals surface area (Å²) in [5.74, 6) is -1.32. The SMILES string of the molecule is O=C(O)C1(F)CCCNCC1. The molecule has 1 aliphatic rings. The average molecular weight is 161 g/mol. The topological polar surface area (TPSA) is 49.3 Å². The van der Waals surface area contributed by atoms with Gasteiger partial charge in [0.1, 0.15) is 0 Å². The number of hydrogen-bond donors (Lipinski definition) is 2. The molecule has 4 heteroatoms. The van der Waals surface area contributed by atoms with E-state index in [0.717, 1.165) is 6.54 Å². The third-order valence-corrected chi connectivity index (χ3v) is 2.01. The van der Waals surface area contributed by atoms with Gasteiger partial charge in [-0.25, -0.2) is 9.18 Å². The number of rotatable bonds is 1. The minimum atomic E-state index is -1.98. The van der Waals surface area contributed by atoms with Gasteiger partial charge < -0.3 is 10.4 Å². The van der Waals surface area contributed by atoms with E-state index in [1.165, 1.54) is 0 Å². The molecular weight excluding hydrogens is 149 g/mol. The molecule has 1 aliphatic heterocycles. The Morgan fingerprint density at radius 3 is 2.82 bits per heavy atom. The highest BCUT2D eigenvalue weighted by Crippen LogP contribution is 2.24. The van der Waals surface area contributed by atoms with E-state index in [-0.39, 0.29) is 12.8 Å². The molecule has 1 atom stereocenters. The quantitative estimate of drug-likeness (QED) is 0.590. The summed E-state index contributed by atoms with van der Waals surface area (Å²) in [6, 6.07) is 0. The summed E-state index contributed by atoms with van der Waals surface area (Å²) in [5, 5.41) is 11.5. The van der Waals surface area contributed by atoms with Gasteiger partial charge in [0.05, 0.1) is 0 Å². The van der Waals surface area contributed by atoms with Crippen molar-refractivity contribution in [2.45, 2.75) is 24.9 Å². The first kappa shape index (κ1) is 8.46. The zero-order valence-corrected chi connectivity index (χ0v) is 6.27. The van der Waals surface area contributed by atoms with Gasteiger partial charge in [0, 0.05) is 6.42 Å². The molecule has 0 amide bonds. The van der Waals surface area contributed by atoms with E-state index in [4.69, 9.17) is 5.11 Å². The first-order valence-corrected chi connectivity index (χ1v) is 3.78. The van der Waals surface area contributed by atoms with Crippen molar-refractivity contribution in [1.29, 1.82) is 0 Å². The molecule has 0 bridgehead atoms. The van der Waals surface area contributed by atoms with Crippen LogP contribution in [0.1, 0.15) is 19.3 Å². The van der Waals surface area contributed by atoms with Crippen LogP contribution in [-0.2, 0) is 4.79 Å². The van der Waals surface area contributed by atoms with Gasteiger partial charge in [0.15, 0.2) is 0 Å². The van der Waals surface area contributed by atoms with Crippen molar-refractivity contribution >= 4 is 5.97 Å². The van der Waals surface area contributed by atoms with Crippen molar-refractivity contribution in [1.82, 2.24) is 5.32 Å². The van der Waals surface area contributed by atoms with E-state index in [0.29, 0.717) is 13.0 Å². The lowest BCUT2D eigenvalue weighted by molar-refractivity contribution is -0.151. The molecule has 64 valence electrons. The minimum Gasteiger partial charge on any atom is -0.479 e. The molecule has 0 aliphatic carbocycles. The third-order valence-electron chi connectivity index (χ3n) is 2.01. The first-order chi connectivity index (χ1) is 5.15. The second-order valence-corrected chi connectivity index (χ2v) is 2.87. The fourth-order valence-electron chi connectivity index (χ4n) is 1.24. The monoisotopic (exact) mass is 161 g/mol. The van der Waals surface area contributed by atoms with E-state index < -0.39 is 11.6 Å². The molecule has 1 unspecified atom stereocenters. The normalized spacial score (nSPS) is 32.8. The molecule has 1 heterocycles. The molecule has 0 aromatic heterocycles. The summed E-state index contributed by atoms with van der Waals surface area (Å²) in [6.45, 7) is 1.18. The Hall–Kier alpha value is -0.640. The fraction of sp³-hybridized carbons (Fsp3) is 0.857. The second-order valence-electron chi connectivity index (χ2n) is 2.87. The van der Waals surface area contributed by atoms with Gasteiger partial charge >= 0.3 is 5.97 Å². The lowest BCUT2D eigenvalue weighted by Crippen LogP contribution is -2.34. The van der Waals surface area contributed by atoms with Gasteiger partial charge in [-0.3, -0.25) is 0 Å². The summed E-state index contributed by atoms with van der Waals surface area (Å²) < 4.78 is 13.3. The molecule has 0 radical (unpaired) electrons. The van der Waals surface area contributed by atoms with E-state index in [1.54, 1.807) is 0 Å². The highest BCUT2D eigenvalue weighted by atomic mass is 19.1.